The fourth-order valence-electron chi connectivity index (χ4n) is 5.23. The fourth-order valence-corrected chi connectivity index (χ4v) is 5.49. The molecule has 1 heterocycles. The minimum Gasteiger partial charge on any atom is -0.466 e. The molecule has 0 saturated heterocycles. The van der Waals surface area contributed by atoms with E-state index in [2.05, 4.69) is 0 Å². The molecule has 194 valence electrons. The van der Waals surface area contributed by atoms with Gasteiger partial charge in [-0.3, -0.25) is 10.1 Å². The van der Waals surface area contributed by atoms with Gasteiger partial charge in [0, 0.05) is 34.2 Å². The lowest BCUT2D eigenvalue weighted by molar-refractivity contribution is -0.384. The van der Waals surface area contributed by atoms with Gasteiger partial charge in [-0.25, -0.2) is 9.59 Å². The van der Waals surface area contributed by atoms with Gasteiger partial charge in [0.2, 0.25) is 0 Å². The minimum atomic E-state index is -1.70. The maximum absolute atomic E-state index is 13.8. The number of hydrogen-bond donors (Lipinski definition) is 0. The number of rotatable bonds is 6. The Morgan fingerprint density at radius 2 is 1.34 bits per heavy atom. The summed E-state index contributed by atoms with van der Waals surface area (Å²) in [5, 5.41) is 12.0. The van der Waals surface area contributed by atoms with Crippen LogP contribution in [-0.4, -0.2) is 31.1 Å². The number of carbonyl (C=O) groups is 2. The topological polar surface area (TPSA) is 99.0 Å². The Labute approximate surface area is 224 Å². The van der Waals surface area contributed by atoms with Gasteiger partial charge in [-0.15, -0.1) is 0 Å². The molecule has 0 unspecified atom stereocenters. The summed E-state index contributed by atoms with van der Waals surface area (Å²) in [6.45, 7) is 3.47. The number of non-ortho nitro benzene ring substituents is 1. The second-order valence-electron chi connectivity index (χ2n) is 8.61. The number of nitro groups is 1. The van der Waals surface area contributed by atoms with Crippen molar-refractivity contribution in [3.8, 4) is 0 Å². The first-order valence-electron chi connectivity index (χ1n) is 11.6. The normalized spacial score (nSPS) is 14.8. The zero-order chi connectivity index (χ0) is 27.6. The Kier molecular flexibility index (Phi) is 7.37. The lowest BCUT2D eigenvalue weighted by atomic mass is 9.61. The number of allylic oxidation sites excluding steroid dienone is 2. The molecule has 0 spiro atoms. The smallest absolute Gasteiger partial charge is 0.337 e. The van der Waals surface area contributed by atoms with E-state index in [1.54, 1.807) is 49.1 Å². The molecule has 0 saturated carbocycles. The van der Waals surface area contributed by atoms with Crippen LogP contribution in [0.15, 0.2) is 101 Å². The van der Waals surface area contributed by atoms with Crippen molar-refractivity contribution in [1.29, 1.82) is 0 Å². The average Bonchev–Trinajstić information content (AvgIpc) is 2.93. The number of esters is 2. The van der Waals surface area contributed by atoms with Crippen LogP contribution in [-0.2, 0) is 24.5 Å². The summed E-state index contributed by atoms with van der Waals surface area (Å²) in [7, 11) is 2.48. The molecule has 0 amide bonds. The average molecular weight is 533 g/mol. The maximum atomic E-state index is 13.8. The van der Waals surface area contributed by atoms with Gasteiger partial charge in [-0.1, -0.05) is 60.1 Å². The molecule has 0 fully saturated rings. The van der Waals surface area contributed by atoms with Crippen LogP contribution in [0.1, 0.15) is 25.0 Å². The van der Waals surface area contributed by atoms with Crippen molar-refractivity contribution in [2.45, 2.75) is 19.3 Å². The first kappa shape index (κ1) is 26.6. The zero-order valence-electron chi connectivity index (χ0n) is 21.2. The number of hydrogen-bond acceptors (Lipinski definition) is 7. The van der Waals surface area contributed by atoms with Crippen LogP contribution in [0.3, 0.4) is 0 Å². The molecule has 4 rings (SSSR count). The van der Waals surface area contributed by atoms with Crippen molar-refractivity contribution >= 4 is 34.9 Å². The third kappa shape index (κ3) is 4.13. The van der Waals surface area contributed by atoms with E-state index in [0.29, 0.717) is 22.6 Å². The summed E-state index contributed by atoms with van der Waals surface area (Å²) in [5.74, 6) is -1.47. The van der Waals surface area contributed by atoms with Gasteiger partial charge in [-0.2, -0.15) is 0 Å². The molecule has 38 heavy (non-hydrogen) atoms. The first-order valence-corrected chi connectivity index (χ1v) is 12.0. The molecule has 3 aromatic rings. The van der Waals surface area contributed by atoms with Crippen LogP contribution in [0.25, 0.3) is 0 Å². The van der Waals surface area contributed by atoms with Gasteiger partial charge in [0.05, 0.1) is 35.7 Å². The Bertz CT molecular complexity index is 1440. The summed E-state index contributed by atoms with van der Waals surface area (Å²) < 4.78 is 10.6. The van der Waals surface area contributed by atoms with Gasteiger partial charge in [0.15, 0.2) is 0 Å². The molecule has 0 atom stereocenters. The predicted octanol–water partition coefficient (Wildman–Crippen LogP) is 5.95. The minimum absolute atomic E-state index is 0.0726. The number of methoxy groups -OCH3 is 2. The van der Waals surface area contributed by atoms with Crippen molar-refractivity contribution in [3.63, 3.8) is 0 Å². The van der Waals surface area contributed by atoms with Crippen molar-refractivity contribution in [1.82, 2.24) is 0 Å². The number of carbonyl (C=O) groups excluding carboxylic acids is 2. The molecule has 0 N–H and O–H groups in total. The second kappa shape index (κ2) is 10.5. The Balaban J connectivity index is 2.30. The van der Waals surface area contributed by atoms with Crippen molar-refractivity contribution < 1.29 is 24.0 Å². The number of nitro benzene ring substituents is 1. The summed E-state index contributed by atoms with van der Waals surface area (Å²) >= 11 is 6.76. The van der Waals surface area contributed by atoms with E-state index in [9.17, 15) is 19.7 Å². The quantitative estimate of drug-likeness (QED) is 0.220. The molecule has 0 aromatic heterocycles. The zero-order valence-corrected chi connectivity index (χ0v) is 22.0. The predicted molar refractivity (Wildman–Crippen MR) is 144 cm³/mol. The molecule has 1 aliphatic heterocycles. The van der Waals surface area contributed by atoms with Crippen molar-refractivity contribution in [2.24, 2.45) is 0 Å². The molecule has 9 heteroatoms. The lowest BCUT2D eigenvalue weighted by Gasteiger charge is -2.46. The van der Waals surface area contributed by atoms with Gasteiger partial charge in [-0.05, 0) is 43.2 Å². The van der Waals surface area contributed by atoms with Crippen LogP contribution >= 0.6 is 11.6 Å². The third-order valence-corrected chi connectivity index (χ3v) is 7.04. The van der Waals surface area contributed by atoms with E-state index in [1.807, 2.05) is 30.3 Å². The van der Waals surface area contributed by atoms with Crippen LogP contribution in [0.4, 0.5) is 11.4 Å². The molecular weight excluding hydrogens is 508 g/mol. The largest absolute Gasteiger partial charge is 0.466 e. The standard InChI is InChI=1S/C29H25ClN2O6/c1-18-25(27(33)37-3)29(20-11-7-5-8-12-20,23-17-22(32(35)36)15-16-24(23)30)26(28(34)38-4)19(2)31(18)21-13-9-6-10-14-21/h5-17H,1-4H3. The first-order chi connectivity index (χ1) is 18.2. The SMILES string of the molecule is COC(=O)C1=C(C)N(c2ccccc2)C(C)=C(C(=O)OC)C1(c1ccccc1)c1cc([N+](=O)[O-])ccc1Cl. The Hall–Kier alpha value is -4.43. The van der Waals surface area contributed by atoms with E-state index in [4.69, 9.17) is 21.1 Å². The number of benzene rings is 3. The summed E-state index contributed by atoms with van der Waals surface area (Å²) in [6.07, 6.45) is 0. The summed E-state index contributed by atoms with van der Waals surface area (Å²) in [5.41, 5.74) is 0.447. The van der Waals surface area contributed by atoms with Gasteiger partial charge in [0.25, 0.3) is 5.69 Å². The number of para-hydroxylation sites is 1. The van der Waals surface area contributed by atoms with Crippen molar-refractivity contribution in [3.05, 3.63) is 128 Å². The fraction of sp³-hybridized carbons (Fsp3) is 0.172. The lowest BCUT2D eigenvalue weighted by Crippen LogP contribution is -2.47. The van der Waals surface area contributed by atoms with Crippen molar-refractivity contribution in [2.75, 3.05) is 19.1 Å². The van der Waals surface area contributed by atoms with Crippen LogP contribution < -0.4 is 4.90 Å². The van der Waals surface area contributed by atoms with Crippen LogP contribution in [0.5, 0.6) is 0 Å². The Morgan fingerprint density at radius 3 is 1.82 bits per heavy atom. The summed E-state index contributed by atoms with van der Waals surface area (Å²) in [4.78, 5) is 40.6. The maximum Gasteiger partial charge on any atom is 0.337 e. The van der Waals surface area contributed by atoms with Crippen LogP contribution in [0, 0.1) is 10.1 Å². The Morgan fingerprint density at radius 1 is 0.842 bits per heavy atom. The molecule has 0 bridgehead atoms. The van der Waals surface area contributed by atoms with Gasteiger partial charge < -0.3 is 14.4 Å². The highest BCUT2D eigenvalue weighted by atomic mass is 35.5. The molecular formula is C29H25ClN2O6. The van der Waals surface area contributed by atoms with E-state index < -0.39 is 22.3 Å². The van der Waals surface area contributed by atoms with E-state index >= 15 is 0 Å². The highest BCUT2D eigenvalue weighted by molar-refractivity contribution is 6.32. The highest BCUT2D eigenvalue weighted by Crippen LogP contribution is 2.54. The highest BCUT2D eigenvalue weighted by Gasteiger charge is 2.55. The van der Waals surface area contributed by atoms with E-state index in [1.165, 1.54) is 32.4 Å². The number of nitrogens with zero attached hydrogens (tertiary/aromatic N) is 2. The summed E-state index contributed by atoms with van der Waals surface area (Å²) in [6, 6.07) is 21.9. The monoisotopic (exact) mass is 532 g/mol. The third-order valence-electron chi connectivity index (χ3n) is 6.71. The molecule has 1 aliphatic rings. The van der Waals surface area contributed by atoms with E-state index in [-0.39, 0.29) is 27.4 Å². The van der Waals surface area contributed by atoms with Gasteiger partial charge in [0.1, 0.15) is 0 Å². The molecule has 0 radical (unpaired) electrons. The number of ether oxygens (including phenoxy) is 2. The van der Waals surface area contributed by atoms with E-state index in [0.717, 1.165) is 0 Å². The molecule has 3 aromatic carbocycles. The number of anilines is 1. The number of halogens is 1. The van der Waals surface area contributed by atoms with Crippen LogP contribution in [0.2, 0.25) is 5.02 Å². The second-order valence-corrected chi connectivity index (χ2v) is 9.02. The van der Waals surface area contributed by atoms with Gasteiger partial charge >= 0.3 is 11.9 Å². The molecule has 8 nitrogen and oxygen atoms in total. The molecule has 0 aliphatic carbocycles.